The lowest BCUT2D eigenvalue weighted by Gasteiger charge is -2.27. The number of aromatic nitrogens is 3. The first kappa shape index (κ1) is 15.2. The highest BCUT2D eigenvalue weighted by Crippen LogP contribution is 2.17. The standard InChI is InChI=1S/C16H18N4O3/c1-3-23-14-5-4-11(8-17-14)15(21)20-7-6-12-13(9-20)18-10-19(2)16(12)22/h4-5,8,10H,3,6-7,9H2,1-2H3. The third-order valence-corrected chi connectivity index (χ3v) is 3.85. The lowest BCUT2D eigenvalue weighted by molar-refractivity contribution is 0.0730. The van der Waals surface area contributed by atoms with Gasteiger partial charge >= 0.3 is 0 Å². The molecule has 7 heteroatoms. The lowest BCUT2D eigenvalue weighted by Crippen LogP contribution is -2.40. The number of ether oxygens (including phenoxy) is 1. The van der Waals surface area contributed by atoms with E-state index >= 15 is 0 Å². The second-order valence-corrected chi connectivity index (χ2v) is 5.38. The van der Waals surface area contributed by atoms with E-state index in [1.165, 1.54) is 17.1 Å². The number of amides is 1. The van der Waals surface area contributed by atoms with E-state index in [-0.39, 0.29) is 11.5 Å². The zero-order chi connectivity index (χ0) is 16.4. The molecule has 1 amide bonds. The van der Waals surface area contributed by atoms with E-state index in [2.05, 4.69) is 9.97 Å². The van der Waals surface area contributed by atoms with Crippen LogP contribution in [0.3, 0.4) is 0 Å². The molecule has 23 heavy (non-hydrogen) atoms. The number of hydrogen-bond acceptors (Lipinski definition) is 5. The molecule has 1 aliphatic rings. The molecule has 0 fully saturated rings. The summed E-state index contributed by atoms with van der Waals surface area (Å²) in [5, 5.41) is 0. The Morgan fingerprint density at radius 2 is 2.17 bits per heavy atom. The van der Waals surface area contributed by atoms with Crippen LogP contribution >= 0.6 is 0 Å². The Kier molecular flexibility index (Phi) is 4.10. The van der Waals surface area contributed by atoms with Crippen molar-refractivity contribution in [3.05, 3.63) is 51.8 Å². The van der Waals surface area contributed by atoms with Gasteiger partial charge < -0.3 is 14.2 Å². The third kappa shape index (κ3) is 2.94. The van der Waals surface area contributed by atoms with Gasteiger partial charge in [0.2, 0.25) is 5.88 Å². The van der Waals surface area contributed by atoms with Crippen molar-refractivity contribution in [3.8, 4) is 5.88 Å². The molecular weight excluding hydrogens is 296 g/mol. The molecule has 0 unspecified atom stereocenters. The van der Waals surface area contributed by atoms with Crippen LogP contribution in [0.5, 0.6) is 5.88 Å². The van der Waals surface area contributed by atoms with Crippen LogP contribution in [0.1, 0.15) is 28.5 Å². The molecule has 0 aliphatic carbocycles. The molecule has 0 bridgehead atoms. The fraction of sp³-hybridized carbons (Fsp3) is 0.375. The van der Waals surface area contributed by atoms with E-state index in [1.54, 1.807) is 24.1 Å². The van der Waals surface area contributed by atoms with Crippen LogP contribution in [0.25, 0.3) is 0 Å². The molecule has 120 valence electrons. The van der Waals surface area contributed by atoms with Crippen molar-refractivity contribution in [2.45, 2.75) is 19.9 Å². The van der Waals surface area contributed by atoms with Crippen LogP contribution in [0.15, 0.2) is 29.5 Å². The Bertz CT molecular complexity index is 783. The summed E-state index contributed by atoms with van der Waals surface area (Å²) in [6.07, 6.45) is 3.53. The zero-order valence-electron chi connectivity index (χ0n) is 13.2. The molecule has 0 spiro atoms. The first-order chi connectivity index (χ1) is 11.1. The SMILES string of the molecule is CCOc1ccc(C(=O)N2CCc3c(ncn(C)c3=O)C2)cn1. The quantitative estimate of drug-likeness (QED) is 0.836. The highest BCUT2D eigenvalue weighted by atomic mass is 16.5. The molecule has 3 rings (SSSR count). The van der Waals surface area contributed by atoms with Crippen molar-refractivity contribution in [1.29, 1.82) is 0 Å². The van der Waals surface area contributed by atoms with Gasteiger partial charge in [-0.05, 0) is 19.4 Å². The van der Waals surface area contributed by atoms with Crippen molar-refractivity contribution in [1.82, 2.24) is 19.4 Å². The average molecular weight is 314 g/mol. The van der Waals surface area contributed by atoms with E-state index in [4.69, 9.17) is 4.74 Å². The third-order valence-electron chi connectivity index (χ3n) is 3.85. The van der Waals surface area contributed by atoms with E-state index in [1.807, 2.05) is 6.92 Å². The number of hydrogen-bond donors (Lipinski definition) is 0. The van der Waals surface area contributed by atoms with E-state index in [0.29, 0.717) is 48.8 Å². The highest BCUT2D eigenvalue weighted by molar-refractivity contribution is 5.94. The first-order valence-corrected chi connectivity index (χ1v) is 7.51. The number of fused-ring (bicyclic) bond motifs is 1. The molecule has 0 saturated carbocycles. The summed E-state index contributed by atoms with van der Waals surface area (Å²) < 4.78 is 6.74. The monoisotopic (exact) mass is 314 g/mol. The molecule has 7 nitrogen and oxygen atoms in total. The molecule has 1 aliphatic heterocycles. The van der Waals surface area contributed by atoms with Gasteiger partial charge in [0, 0.05) is 31.4 Å². The van der Waals surface area contributed by atoms with E-state index in [9.17, 15) is 9.59 Å². The highest BCUT2D eigenvalue weighted by Gasteiger charge is 2.25. The topological polar surface area (TPSA) is 77.3 Å². The number of carbonyl (C=O) groups excluding carboxylic acids is 1. The van der Waals surface area contributed by atoms with Gasteiger partial charge in [0.15, 0.2) is 0 Å². The molecule has 0 radical (unpaired) electrons. The van der Waals surface area contributed by atoms with Crippen LogP contribution < -0.4 is 10.3 Å². The van der Waals surface area contributed by atoms with Crippen molar-refractivity contribution >= 4 is 5.91 Å². The Labute approximate surface area is 133 Å². The lowest BCUT2D eigenvalue weighted by atomic mass is 10.1. The largest absolute Gasteiger partial charge is 0.478 e. The molecule has 0 atom stereocenters. The number of pyridine rings is 1. The van der Waals surface area contributed by atoms with Gasteiger partial charge in [-0.1, -0.05) is 0 Å². The number of aryl methyl sites for hydroxylation is 1. The maximum atomic E-state index is 12.6. The van der Waals surface area contributed by atoms with E-state index in [0.717, 1.165) is 0 Å². The second-order valence-electron chi connectivity index (χ2n) is 5.38. The Morgan fingerprint density at radius 3 is 2.87 bits per heavy atom. The van der Waals surface area contributed by atoms with E-state index < -0.39 is 0 Å². The predicted molar refractivity (Wildman–Crippen MR) is 83.3 cm³/mol. The van der Waals surface area contributed by atoms with Crippen molar-refractivity contribution < 1.29 is 9.53 Å². The van der Waals surface area contributed by atoms with Gasteiger partial charge in [0.25, 0.3) is 11.5 Å². The summed E-state index contributed by atoms with van der Waals surface area (Å²) in [5.41, 5.74) is 1.83. The van der Waals surface area contributed by atoms with Gasteiger partial charge in [-0.2, -0.15) is 0 Å². The maximum absolute atomic E-state index is 12.6. The Morgan fingerprint density at radius 1 is 1.35 bits per heavy atom. The normalized spacial score (nSPS) is 13.6. The van der Waals surface area contributed by atoms with Crippen LogP contribution in [-0.2, 0) is 20.0 Å². The van der Waals surface area contributed by atoms with Crippen molar-refractivity contribution in [3.63, 3.8) is 0 Å². The zero-order valence-corrected chi connectivity index (χ0v) is 13.2. The Hall–Kier alpha value is -2.70. The minimum absolute atomic E-state index is 0.0372. The minimum atomic E-state index is -0.117. The summed E-state index contributed by atoms with van der Waals surface area (Å²) in [6, 6.07) is 3.38. The van der Waals surface area contributed by atoms with Crippen LogP contribution in [0, 0.1) is 0 Å². The number of nitrogens with zero attached hydrogens (tertiary/aromatic N) is 4. The first-order valence-electron chi connectivity index (χ1n) is 7.51. The number of carbonyl (C=O) groups is 1. The smallest absolute Gasteiger partial charge is 0.256 e. The summed E-state index contributed by atoms with van der Waals surface area (Å²) in [4.78, 5) is 34.7. The summed E-state index contributed by atoms with van der Waals surface area (Å²) in [5.74, 6) is 0.381. The van der Waals surface area contributed by atoms with Gasteiger partial charge in [0.05, 0.1) is 30.7 Å². The Balaban J connectivity index is 1.79. The fourth-order valence-electron chi connectivity index (χ4n) is 2.61. The molecule has 3 heterocycles. The average Bonchev–Trinajstić information content (AvgIpc) is 2.58. The van der Waals surface area contributed by atoms with Gasteiger partial charge in [0.1, 0.15) is 0 Å². The molecular formula is C16H18N4O3. The predicted octanol–water partition coefficient (Wildman–Crippen LogP) is 0.772. The molecule has 0 N–H and O–H groups in total. The second kappa shape index (κ2) is 6.20. The minimum Gasteiger partial charge on any atom is -0.478 e. The summed E-state index contributed by atoms with van der Waals surface area (Å²) >= 11 is 0. The van der Waals surface area contributed by atoms with Gasteiger partial charge in [-0.25, -0.2) is 9.97 Å². The van der Waals surface area contributed by atoms with Crippen LogP contribution in [0.4, 0.5) is 0 Å². The van der Waals surface area contributed by atoms with Gasteiger partial charge in [-0.15, -0.1) is 0 Å². The maximum Gasteiger partial charge on any atom is 0.256 e. The van der Waals surface area contributed by atoms with Crippen molar-refractivity contribution in [2.75, 3.05) is 13.2 Å². The van der Waals surface area contributed by atoms with Crippen LogP contribution in [-0.4, -0.2) is 38.5 Å². The molecule has 2 aromatic rings. The summed E-state index contributed by atoms with van der Waals surface area (Å²) in [6.45, 7) is 3.25. The molecule has 0 saturated heterocycles. The molecule has 0 aromatic carbocycles. The fourth-order valence-corrected chi connectivity index (χ4v) is 2.61. The van der Waals surface area contributed by atoms with Gasteiger partial charge in [-0.3, -0.25) is 9.59 Å². The molecule has 2 aromatic heterocycles. The van der Waals surface area contributed by atoms with Crippen LogP contribution in [0.2, 0.25) is 0 Å². The number of rotatable bonds is 3. The summed E-state index contributed by atoms with van der Waals surface area (Å²) in [7, 11) is 1.68. The van der Waals surface area contributed by atoms with Crippen molar-refractivity contribution in [2.24, 2.45) is 7.05 Å².